The molecule has 0 radical (unpaired) electrons. The molecule has 1 aromatic carbocycles. The molecule has 134 valence electrons. The average Bonchev–Trinajstić information content (AvgIpc) is 2.72. The third-order valence-corrected chi connectivity index (χ3v) is 6.05. The summed E-state index contributed by atoms with van der Waals surface area (Å²) in [5, 5.41) is 0.396. The smallest absolute Gasteiger partial charge is 0.243 e. The second-order valence-corrected chi connectivity index (χ2v) is 9.71. The van der Waals surface area contributed by atoms with Crippen molar-refractivity contribution >= 4 is 27.5 Å². The topological polar surface area (TPSA) is 57.7 Å². The van der Waals surface area contributed by atoms with Gasteiger partial charge in [0.05, 0.1) is 4.90 Å². The van der Waals surface area contributed by atoms with Gasteiger partial charge in [0, 0.05) is 37.6 Å². The zero-order valence-electron chi connectivity index (χ0n) is 14.5. The van der Waals surface area contributed by atoms with Gasteiger partial charge in [-0.3, -0.25) is 4.79 Å². The van der Waals surface area contributed by atoms with Crippen molar-refractivity contribution in [3.8, 4) is 0 Å². The number of benzene rings is 1. The summed E-state index contributed by atoms with van der Waals surface area (Å²) in [7, 11) is -3.58. The summed E-state index contributed by atoms with van der Waals surface area (Å²) in [6, 6.07) is 6.29. The molecule has 2 rings (SSSR count). The molecule has 7 heteroatoms. The molecule has 1 fully saturated rings. The van der Waals surface area contributed by atoms with Gasteiger partial charge in [-0.05, 0) is 30.0 Å². The van der Waals surface area contributed by atoms with Gasteiger partial charge in [0.25, 0.3) is 0 Å². The molecule has 1 aliphatic heterocycles. The van der Waals surface area contributed by atoms with Gasteiger partial charge in [-0.2, -0.15) is 4.31 Å². The van der Waals surface area contributed by atoms with Gasteiger partial charge in [-0.25, -0.2) is 8.42 Å². The molecule has 0 aliphatic carbocycles. The summed E-state index contributed by atoms with van der Waals surface area (Å²) in [5.41, 5.74) is -0.0735. The number of halogens is 1. The molecule has 1 aliphatic rings. The van der Waals surface area contributed by atoms with E-state index in [9.17, 15) is 13.2 Å². The highest BCUT2D eigenvalue weighted by Gasteiger charge is 2.29. The number of amides is 1. The number of carbonyl (C=O) groups is 1. The summed E-state index contributed by atoms with van der Waals surface area (Å²) in [6.07, 6.45) is 1.10. The highest BCUT2D eigenvalue weighted by Crippen LogP contribution is 2.23. The fraction of sp³-hybridized carbons (Fsp3) is 0.588. The first-order valence-corrected chi connectivity index (χ1v) is 9.95. The van der Waals surface area contributed by atoms with E-state index in [1.807, 2.05) is 20.8 Å². The van der Waals surface area contributed by atoms with Crippen molar-refractivity contribution in [3.05, 3.63) is 29.3 Å². The van der Waals surface area contributed by atoms with Crippen LogP contribution in [0, 0.1) is 5.41 Å². The predicted molar refractivity (Wildman–Crippen MR) is 95.5 cm³/mol. The van der Waals surface area contributed by atoms with Crippen LogP contribution in [0.15, 0.2) is 29.2 Å². The van der Waals surface area contributed by atoms with Crippen LogP contribution in [0.1, 0.15) is 33.6 Å². The van der Waals surface area contributed by atoms with Gasteiger partial charge in [0.2, 0.25) is 15.9 Å². The van der Waals surface area contributed by atoms with Crippen molar-refractivity contribution in [2.24, 2.45) is 5.41 Å². The molecule has 0 saturated carbocycles. The molecule has 0 atom stereocenters. The van der Waals surface area contributed by atoms with Crippen molar-refractivity contribution < 1.29 is 13.2 Å². The van der Waals surface area contributed by atoms with Gasteiger partial charge in [0.15, 0.2) is 0 Å². The maximum absolute atomic E-state index is 12.8. The van der Waals surface area contributed by atoms with Crippen molar-refractivity contribution in [1.82, 2.24) is 9.21 Å². The average molecular weight is 373 g/mol. The number of hydrogen-bond donors (Lipinski definition) is 0. The lowest BCUT2D eigenvalue weighted by Crippen LogP contribution is -2.38. The minimum absolute atomic E-state index is 0.0735. The van der Waals surface area contributed by atoms with Gasteiger partial charge < -0.3 is 4.90 Å². The fourth-order valence-electron chi connectivity index (χ4n) is 2.73. The van der Waals surface area contributed by atoms with E-state index in [-0.39, 0.29) is 16.2 Å². The Hall–Kier alpha value is -1.11. The standard InChI is InChI=1S/C17H25ClN2O3S/c1-17(2,3)13-16(21)19-8-5-9-20(11-10-19)24(22,23)15-7-4-6-14(18)12-15/h4,6-7,12H,5,8-11,13H2,1-3H3. The molecule has 1 heterocycles. The highest BCUT2D eigenvalue weighted by molar-refractivity contribution is 7.89. The number of nitrogens with zero attached hydrogens (tertiary/aromatic N) is 2. The second-order valence-electron chi connectivity index (χ2n) is 7.33. The zero-order chi connectivity index (χ0) is 18.0. The first kappa shape index (κ1) is 19.2. The molecule has 1 saturated heterocycles. The fourth-order valence-corrected chi connectivity index (χ4v) is 4.50. The van der Waals surface area contributed by atoms with E-state index in [1.54, 1.807) is 23.1 Å². The van der Waals surface area contributed by atoms with Crippen LogP contribution in [0.2, 0.25) is 5.02 Å². The Balaban J connectivity index is 2.09. The Morgan fingerprint density at radius 3 is 2.50 bits per heavy atom. The largest absolute Gasteiger partial charge is 0.341 e. The summed E-state index contributed by atoms with van der Waals surface area (Å²) in [5.74, 6) is 0.0875. The first-order chi connectivity index (χ1) is 11.1. The van der Waals surface area contributed by atoms with E-state index in [4.69, 9.17) is 11.6 Å². The Kier molecular flexibility index (Phi) is 5.94. The molecule has 0 unspecified atom stereocenters. The number of carbonyl (C=O) groups excluding carboxylic acids is 1. The molecule has 5 nitrogen and oxygen atoms in total. The lowest BCUT2D eigenvalue weighted by molar-refractivity contribution is -0.132. The number of sulfonamides is 1. The van der Waals surface area contributed by atoms with Gasteiger partial charge in [-0.15, -0.1) is 0 Å². The minimum atomic E-state index is -3.58. The van der Waals surface area contributed by atoms with Gasteiger partial charge in [0.1, 0.15) is 0 Å². The van der Waals surface area contributed by atoms with Gasteiger partial charge in [-0.1, -0.05) is 38.4 Å². The molecule has 0 bridgehead atoms. The summed E-state index contributed by atoms with van der Waals surface area (Å²) in [6.45, 7) is 7.82. The van der Waals surface area contributed by atoms with E-state index in [1.165, 1.54) is 10.4 Å². The molecule has 0 spiro atoms. The summed E-state index contributed by atoms with van der Waals surface area (Å²) in [4.78, 5) is 14.4. The Morgan fingerprint density at radius 2 is 1.88 bits per heavy atom. The third kappa shape index (κ3) is 4.94. The maximum atomic E-state index is 12.8. The second kappa shape index (κ2) is 7.42. The van der Waals surface area contributed by atoms with Gasteiger partial charge >= 0.3 is 0 Å². The monoisotopic (exact) mass is 372 g/mol. The predicted octanol–water partition coefficient (Wildman–Crippen LogP) is 3.00. The zero-order valence-corrected chi connectivity index (χ0v) is 16.0. The molecule has 0 N–H and O–H groups in total. The molecule has 1 amide bonds. The minimum Gasteiger partial charge on any atom is -0.341 e. The van der Waals surface area contributed by atoms with E-state index in [0.717, 1.165) is 0 Å². The Labute approximate surface area is 149 Å². The van der Waals surface area contributed by atoms with Crippen LogP contribution in [0.4, 0.5) is 0 Å². The van der Waals surface area contributed by atoms with Crippen LogP contribution < -0.4 is 0 Å². The van der Waals surface area contributed by atoms with E-state index < -0.39 is 10.0 Å². The van der Waals surface area contributed by atoms with E-state index in [2.05, 4.69) is 0 Å². The quantitative estimate of drug-likeness (QED) is 0.819. The van der Waals surface area contributed by atoms with Crippen LogP contribution in [-0.4, -0.2) is 49.7 Å². The van der Waals surface area contributed by atoms with Crippen molar-refractivity contribution in [2.45, 2.75) is 38.5 Å². The third-order valence-electron chi connectivity index (χ3n) is 3.92. The lowest BCUT2D eigenvalue weighted by atomic mass is 9.91. The van der Waals surface area contributed by atoms with Crippen molar-refractivity contribution in [2.75, 3.05) is 26.2 Å². The van der Waals surface area contributed by atoms with Crippen LogP contribution >= 0.6 is 11.6 Å². The summed E-state index contributed by atoms with van der Waals surface area (Å²) >= 11 is 5.91. The van der Waals surface area contributed by atoms with Crippen LogP contribution in [0.3, 0.4) is 0 Å². The Morgan fingerprint density at radius 1 is 1.17 bits per heavy atom. The maximum Gasteiger partial charge on any atom is 0.243 e. The molecule has 0 aromatic heterocycles. The highest BCUT2D eigenvalue weighted by atomic mass is 35.5. The van der Waals surface area contributed by atoms with E-state index in [0.29, 0.717) is 44.0 Å². The lowest BCUT2D eigenvalue weighted by Gasteiger charge is -2.25. The van der Waals surface area contributed by atoms with Crippen LogP contribution in [-0.2, 0) is 14.8 Å². The van der Waals surface area contributed by atoms with Crippen molar-refractivity contribution in [3.63, 3.8) is 0 Å². The molecule has 24 heavy (non-hydrogen) atoms. The first-order valence-electron chi connectivity index (χ1n) is 8.13. The SMILES string of the molecule is CC(C)(C)CC(=O)N1CCCN(S(=O)(=O)c2cccc(Cl)c2)CC1. The molecular formula is C17H25ClN2O3S. The summed E-state index contributed by atoms with van der Waals surface area (Å²) < 4.78 is 27.0. The Bertz CT molecular complexity index is 698. The molecular weight excluding hydrogens is 348 g/mol. The van der Waals surface area contributed by atoms with Crippen LogP contribution in [0.5, 0.6) is 0 Å². The van der Waals surface area contributed by atoms with Crippen molar-refractivity contribution in [1.29, 1.82) is 0 Å². The normalized spacial score (nSPS) is 17.6. The van der Waals surface area contributed by atoms with E-state index >= 15 is 0 Å². The molecule has 1 aromatic rings. The number of rotatable bonds is 3. The number of hydrogen-bond acceptors (Lipinski definition) is 3. The van der Waals surface area contributed by atoms with Crippen LogP contribution in [0.25, 0.3) is 0 Å².